The average Bonchev–Trinajstić information content (AvgIpc) is 2.88. The molecule has 7 heteroatoms. The lowest BCUT2D eigenvalue weighted by molar-refractivity contribution is -0.120. The van der Waals surface area contributed by atoms with E-state index in [0.717, 1.165) is 17.1 Å². The zero-order valence-electron chi connectivity index (χ0n) is 14.3. The standard InChI is InChI=1S/C17H23N5O2/c1-11(2)18-17(24)20-16(23)13(4)19-15-10-22(21-12(15)3)14-8-6-5-7-9-14/h5-11,13,19H,1-4H3,(H2,18,20,23,24). The molecule has 0 radical (unpaired) electrons. The van der Waals surface area contributed by atoms with Crippen LogP contribution >= 0.6 is 0 Å². The minimum Gasteiger partial charge on any atom is -0.371 e. The Labute approximate surface area is 141 Å². The van der Waals surface area contributed by atoms with Gasteiger partial charge in [-0.15, -0.1) is 0 Å². The number of anilines is 1. The molecule has 0 fully saturated rings. The summed E-state index contributed by atoms with van der Waals surface area (Å²) in [4.78, 5) is 23.7. The number of carbonyl (C=O) groups excluding carboxylic acids is 2. The van der Waals surface area contributed by atoms with E-state index in [1.165, 1.54) is 0 Å². The number of nitrogens with zero attached hydrogens (tertiary/aromatic N) is 2. The number of carbonyl (C=O) groups is 2. The van der Waals surface area contributed by atoms with E-state index in [0.29, 0.717) is 0 Å². The number of hydrogen-bond donors (Lipinski definition) is 3. The summed E-state index contributed by atoms with van der Waals surface area (Å²) in [6.45, 7) is 7.20. The average molecular weight is 329 g/mol. The summed E-state index contributed by atoms with van der Waals surface area (Å²) in [6.07, 6.45) is 1.82. The SMILES string of the molecule is Cc1nn(-c2ccccc2)cc1NC(C)C(=O)NC(=O)NC(C)C. The van der Waals surface area contributed by atoms with Gasteiger partial charge in [0.15, 0.2) is 0 Å². The summed E-state index contributed by atoms with van der Waals surface area (Å²) in [5.74, 6) is -0.403. The maximum atomic E-state index is 12.1. The second-order valence-corrected chi connectivity index (χ2v) is 5.89. The topological polar surface area (TPSA) is 88.1 Å². The predicted molar refractivity (Wildman–Crippen MR) is 93.2 cm³/mol. The minimum absolute atomic E-state index is 0.0348. The summed E-state index contributed by atoms with van der Waals surface area (Å²) >= 11 is 0. The number of benzene rings is 1. The molecule has 1 unspecified atom stereocenters. The molecule has 3 N–H and O–H groups in total. The van der Waals surface area contributed by atoms with Gasteiger partial charge in [-0.25, -0.2) is 9.48 Å². The van der Waals surface area contributed by atoms with Crippen molar-refractivity contribution in [3.05, 3.63) is 42.2 Å². The van der Waals surface area contributed by atoms with Crippen molar-refractivity contribution in [2.24, 2.45) is 0 Å². The second-order valence-electron chi connectivity index (χ2n) is 5.89. The third kappa shape index (κ3) is 4.58. The van der Waals surface area contributed by atoms with Gasteiger partial charge >= 0.3 is 6.03 Å². The van der Waals surface area contributed by atoms with Crippen molar-refractivity contribution in [3.63, 3.8) is 0 Å². The lowest BCUT2D eigenvalue weighted by Gasteiger charge is -2.15. The van der Waals surface area contributed by atoms with E-state index < -0.39 is 18.0 Å². The van der Waals surface area contributed by atoms with E-state index in [4.69, 9.17) is 0 Å². The molecule has 1 aromatic heterocycles. The molecule has 7 nitrogen and oxygen atoms in total. The summed E-state index contributed by atoms with van der Waals surface area (Å²) in [5, 5.41) is 12.4. The van der Waals surface area contributed by atoms with Gasteiger partial charge in [-0.2, -0.15) is 5.10 Å². The molecule has 1 heterocycles. The zero-order chi connectivity index (χ0) is 17.7. The Kier molecular flexibility index (Phi) is 5.57. The summed E-state index contributed by atoms with van der Waals surface area (Å²) in [5.41, 5.74) is 2.44. The van der Waals surface area contributed by atoms with Crippen molar-refractivity contribution in [2.75, 3.05) is 5.32 Å². The van der Waals surface area contributed by atoms with Gasteiger partial charge in [-0.1, -0.05) is 18.2 Å². The zero-order valence-corrected chi connectivity index (χ0v) is 14.3. The highest BCUT2D eigenvalue weighted by atomic mass is 16.2. The first-order valence-corrected chi connectivity index (χ1v) is 7.86. The van der Waals surface area contributed by atoms with Crippen LogP contribution in [0.3, 0.4) is 0 Å². The number of aryl methyl sites for hydroxylation is 1. The maximum Gasteiger partial charge on any atom is 0.321 e. The van der Waals surface area contributed by atoms with Crippen LogP contribution in [-0.2, 0) is 4.79 Å². The number of amides is 3. The van der Waals surface area contributed by atoms with E-state index in [-0.39, 0.29) is 6.04 Å². The Balaban J connectivity index is 2.01. The molecular formula is C17H23N5O2. The number of rotatable bonds is 5. The van der Waals surface area contributed by atoms with Gasteiger partial charge in [0.2, 0.25) is 5.91 Å². The van der Waals surface area contributed by atoms with Gasteiger partial charge in [0, 0.05) is 6.04 Å². The normalized spacial score (nSPS) is 11.9. The van der Waals surface area contributed by atoms with E-state index in [9.17, 15) is 9.59 Å². The van der Waals surface area contributed by atoms with Gasteiger partial charge < -0.3 is 10.6 Å². The molecule has 0 aliphatic carbocycles. The fourth-order valence-electron chi connectivity index (χ4n) is 2.13. The molecule has 1 atom stereocenters. The van der Waals surface area contributed by atoms with Crippen LogP contribution in [0.4, 0.5) is 10.5 Å². The third-order valence-corrected chi connectivity index (χ3v) is 3.34. The van der Waals surface area contributed by atoms with Crippen LogP contribution in [-0.4, -0.2) is 33.8 Å². The number of hydrogen-bond acceptors (Lipinski definition) is 4. The number of nitrogens with one attached hydrogen (secondary N) is 3. The molecule has 1 aromatic carbocycles. The second kappa shape index (κ2) is 7.63. The first-order valence-electron chi connectivity index (χ1n) is 7.86. The van der Waals surface area contributed by atoms with Gasteiger partial charge in [-0.05, 0) is 39.8 Å². The van der Waals surface area contributed by atoms with Crippen molar-refractivity contribution in [1.29, 1.82) is 0 Å². The molecule has 0 aliphatic heterocycles. The third-order valence-electron chi connectivity index (χ3n) is 3.34. The van der Waals surface area contributed by atoms with Gasteiger partial charge in [-0.3, -0.25) is 10.1 Å². The molecule has 0 saturated heterocycles. The minimum atomic E-state index is -0.574. The molecule has 0 bridgehead atoms. The highest BCUT2D eigenvalue weighted by Crippen LogP contribution is 2.17. The predicted octanol–water partition coefficient (Wildman–Crippen LogP) is 2.22. The van der Waals surface area contributed by atoms with Crippen LogP contribution in [0.5, 0.6) is 0 Å². The molecule has 2 rings (SSSR count). The van der Waals surface area contributed by atoms with Crippen molar-refractivity contribution >= 4 is 17.6 Å². The number of para-hydroxylation sites is 1. The highest BCUT2D eigenvalue weighted by Gasteiger charge is 2.18. The lowest BCUT2D eigenvalue weighted by Crippen LogP contribution is -2.47. The van der Waals surface area contributed by atoms with Crippen LogP contribution in [0.1, 0.15) is 26.5 Å². The smallest absolute Gasteiger partial charge is 0.321 e. The molecule has 0 spiro atoms. The molecule has 0 saturated carbocycles. The Hall–Kier alpha value is -2.83. The van der Waals surface area contributed by atoms with Crippen molar-refractivity contribution in [2.45, 2.75) is 39.8 Å². The van der Waals surface area contributed by atoms with E-state index in [1.807, 2.05) is 57.3 Å². The first kappa shape index (κ1) is 17.5. The fraction of sp³-hybridized carbons (Fsp3) is 0.353. The first-order chi connectivity index (χ1) is 11.4. The molecular weight excluding hydrogens is 306 g/mol. The maximum absolute atomic E-state index is 12.1. The summed E-state index contributed by atoms with van der Waals surface area (Å²) in [6, 6.07) is 8.59. The Morgan fingerprint density at radius 2 is 1.79 bits per heavy atom. The van der Waals surface area contributed by atoms with Gasteiger partial charge in [0.05, 0.1) is 23.3 Å². The number of imide groups is 1. The van der Waals surface area contributed by atoms with Crippen molar-refractivity contribution in [3.8, 4) is 5.69 Å². The monoisotopic (exact) mass is 329 g/mol. The molecule has 0 aliphatic rings. The van der Waals surface area contributed by atoms with Crippen LogP contribution in [0.2, 0.25) is 0 Å². The van der Waals surface area contributed by atoms with Crippen molar-refractivity contribution < 1.29 is 9.59 Å². The van der Waals surface area contributed by atoms with Crippen molar-refractivity contribution in [1.82, 2.24) is 20.4 Å². The fourth-order valence-corrected chi connectivity index (χ4v) is 2.13. The van der Waals surface area contributed by atoms with Crippen LogP contribution < -0.4 is 16.0 Å². The Bertz CT molecular complexity index is 709. The van der Waals surface area contributed by atoms with Gasteiger partial charge in [0.25, 0.3) is 0 Å². The van der Waals surface area contributed by atoms with Gasteiger partial charge in [0.1, 0.15) is 6.04 Å². The number of aromatic nitrogens is 2. The van der Waals surface area contributed by atoms with E-state index >= 15 is 0 Å². The highest BCUT2D eigenvalue weighted by molar-refractivity contribution is 5.98. The molecule has 128 valence electrons. The Morgan fingerprint density at radius 3 is 2.42 bits per heavy atom. The quantitative estimate of drug-likeness (QED) is 0.785. The van der Waals surface area contributed by atoms with Crippen LogP contribution in [0, 0.1) is 6.92 Å². The summed E-state index contributed by atoms with van der Waals surface area (Å²) < 4.78 is 1.74. The summed E-state index contributed by atoms with van der Waals surface area (Å²) in [7, 11) is 0. The molecule has 24 heavy (non-hydrogen) atoms. The Morgan fingerprint density at radius 1 is 1.12 bits per heavy atom. The van der Waals surface area contributed by atoms with E-state index in [1.54, 1.807) is 11.6 Å². The van der Waals surface area contributed by atoms with Crippen LogP contribution in [0.15, 0.2) is 36.5 Å². The largest absolute Gasteiger partial charge is 0.371 e. The molecule has 2 aromatic rings. The lowest BCUT2D eigenvalue weighted by atomic mass is 10.3. The number of urea groups is 1. The van der Waals surface area contributed by atoms with E-state index in [2.05, 4.69) is 21.0 Å². The molecule has 3 amide bonds. The van der Waals surface area contributed by atoms with Crippen LogP contribution in [0.25, 0.3) is 5.69 Å².